The molecule has 0 radical (unpaired) electrons. The Morgan fingerprint density at radius 2 is 1.66 bits per heavy atom. The summed E-state index contributed by atoms with van der Waals surface area (Å²) in [5.41, 5.74) is 1.42. The highest BCUT2D eigenvalue weighted by atomic mass is 32.2. The first kappa shape index (κ1) is 26.8. The molecule has 3 atom stereocenters. The van der Waals surface area contributed by atoms with Gasteiger partial charge in [-0.1, -0.05) is 35.2 Å². The molecule has 1 fully saturated rings. The van der Waals surface area contributed by atoms with Gasteiger partial charge in [0.2, 0.25) is 17.7 Å². The van der Waals surface area contributed by atoms with Crippen LogP contribution in [0.15, 0.2) is 82.6 Å². The number of benzene rings is 3. The van der Waals surface area contributed by atoms with Crippen molar-refractivity contribution in [3.05, 3.63) is 98.7 Å². The van der Waals surface area contributed by atoms with E-state index in [-0.39, 0.29) is 18.0 Å². The fraction of sp³-hybridized carbons (Fsp3) is 0.172. The van der Waals surface area contributed by atoms with Crippen molar-refractivity contribution in [1.82, 2.24) is 4.57 Å². The number of carbonyl (C=O) groups is 3. The number of hydrogen-bond donors (Lipinski definition) is 2. The van der Waals surface area contributed by atoms with Gasteiger partial charge in [-0.2, -0.15) is 0 Å². The van der Waals surface area contributed by atoms with Crippen LogP contribution in [-0.4, -0.2) is 39.8 Å². The summed E-state index contributed by atoms with van der Waals surface area (Å²) in [6.45, 7) is -0.310. The van der Waals surface area contributed by atoms with Gasteiger partial charge in [0.05, 0.1) is 23.7 Å². The molecule has 0 unspecified atom stereocenters. The number of imide groups is 1. The van der Waals surface area contributed by atoms with Crippen LogP contribution < -0.4 is 19.8 Å². The molecule has 1 saturated heterocycles. The number of fused-ring (bicyclic) bond motifs is 2. The van der Waals surface area contributed by atoms with Crippen LogP contribution in [-0.2, 0) is 20.9 Å². The van der Waals surface area contributed by atoms with Gasteiger partial charge in [-0.3, -0.25) is 23.7 Å². The Balaban J connectivity index is 1.40. The number of nitrogens with one attached hydrogen (secondary N) is 1. The number of thiazole rings is 1. The lowest BCUT2D eigenvalue weighted by molar-refractivity contribution is -0.122. The summed E-state index contributed by atoms with van der Waals surface area (Å²) in [5, 5.41) is 11.8. The number of carbonyl (C=O) groups excluding carboxylic acids is 3. The molecule has 0 saturated carbocycles. The molecular weight excluding hydrogens is 569 g/mol. The number of phenolic OH excluding ortho intramolecular Hbond substituents is 1. The molecule has 0 bridgehead atoms. The number of hydrogen-bond acceptors (Lipinski definition) is 8. The highest BCUT2D eigenvalue weighted by molar-refractivity contribution is 8.00. The van der Waals surface area contributed by atoms with Gasteiger partial charge >= 0.3 is 4.87 Å². The first-order valence-electron chi connectivity index (χ1n) is 12.5. The number of nitrogens with zero attached hydrogens (tertiary/aromatic N) is 2. The number of ether oxygens (including phenoxy) is 1. The van der Waals surface area contributed by atoms with Gasteiger partial charge in [-0.05, 0) is 66.2 Å². The average Bonchev–Trinajstić information content (AvgIpc) is 3.41. The zero-order valence-electron chi connectivity index (χ0n) is 21.4. The van der Waals surface area contributed by atoms with Gasteiger partial charge in [-0.15, -0.1) is 0 Å². The van der Waals surface area contributed by atoms with Crippen molar-refractivity contribution < 1.29 is 28.6 Å². The fourth-order valence-corrected chi connectivity index (χ4v) is 7.93. The molecule has 1 aromatic heterocycles. The van der Waals surface area contributed by atoms with Crippen molar-refractivity contribution in [3.63, 3.8) is 0 Å². The minimum Gasteiger partial charge on any atom is -0.508 e. The number of amides is 3. The monoisotopic (exact) mass is 591 g/mol. The van der Waals surface area contributed by atoms with Crippen LogP contribution in [0, 0.1) is 11.7 Å². The molecule has 41 heavy (non-hydrogen) atoms. The summed E-state index contributed by atoms with van der Waals surface area (Å²) >= 11 is 2.04. The van der Waals surface area contributed by atoms with Crippen LogP contribution in [0.25, 0.3) is 0 Å². The van der Waals surface area contributed by atoms with Crippen molar-refractivity contribution in [2.45, 2.75) is 22.7 Å². The Kier molecular flexibility index (Phi) is 6.88. The molecule has 0 aliphatic carbocycles. The SMILES string of the molecule is COc1ccc([C@@H]2c3sc(=O)n(CC(=O)Nc4ccc(O)cc4)c3S[C@H]3C(=O)N(c4ccc(F)cc4)C(=O)[C@@H]23)cc1. The lowest BCUT2D eigenvalue weighted by atomic mass is 9.83. The molecule has 0 spiro atoms. The lowest BCUT2D eigenvalue weighted by Gasteiger charge is -2.30. The maximum absolute atomic E-state index is 13.9. The molecule has 3 heterocycles. The van der Waals surface area contributed by atoms with Crippen molar-refractivity contribution in [2.24, 2.45) is 5.92 Å². The minimum absolute atomic E-state index is 0.0482. The normalized spacial score (nSPS) is 19.6. The Morgan fingerprint density at radius 3 is 2.32 bits per heavy atom. The van der Waals surface area contributed by atoms with Crippen molar-refractivity contribution in [1.29, 1.82) is 0 Å². The van der Waals surface area contributed by atoms with Gasteiger partial charge in [-0.25, -0.2) is 9.29 Å². The van der Waals surface area contributed by atoms with Gasteiger partial charge < -0.3 is 15.2 Å². The number of thioether (sulfide) groups is 1. The smallest absolute Gasteiger partial charge is 0.308 e. The number of rotatable bonds is 6. The van der Waals surface area contributed by atoms with Gasteiger partial charge in [0.1, 0.15) is 29.1 Å². The third-order valence-corrected chi connectivity index (χ3v) is 9.67. The molecular formula is C29H22FN3O6S2. The van der Waals surface area contributed by atoms with E-state index in [1.54, 1.807) is 24.3 Å². The highest BCUT2D eigenvalue weighted by Gasteiger charge is 2.56. The molecule has 2 N–H and O–H groups in total. The van der Waals surface area contributed by atoms with Gasteiger partial charge in [0, 0.05) is 16.5 Å². The predicted octanol–water partition coefficient (Wildman–Crippen LogP) is 4.20. The quantitative estimate of drug-likeness (QED) is 0.255. The molecule has 12 heteroatoms. The molecule has 2 aliphatic rings. The number of methoxy groups -OCH3 is 1. The maximum atomic E-state index is 13.9. The van der Waals surface area contributed by atoms with E-state index in [9.17, 15) is 28.7 Å². The highest BCUT2D eigenvalue weighted by Crippen LogP contribution is 2.54. The Morgan fingerprint density at radius 1 is 0.976 bits per heavy atom. The number of anilines is 2. The molecule has 2 aliphatic heterocycles. The largest absolute Gasteiger partial charge is 0.508 e. The summed E-state index contributed by atoms with van der Waals surface area (Å²) in [4.78, 5) is 55.0. The van der Waals surface area contributed by atoms with Crippen molar-refractivity contribution in [2.75, 3.05) is 17.3 Å². The van der Waals surface area contributed by atoms with Crippen LogP contribution in [0.5, 0.6) is 11.5 Å². The number of phenols is 1. The number of aromatic nitrogens is 1. The Labute approximate surface area is 241 Å². The third-order valence-electron chi connectivity index (χ3n) is 7.06. The van der Waals surface area contributed by atoms with Crippen LogP contribution in [0.1, 0.15) is 16.4 Å². The molecule has 3 amide bonds. The van der Waals surface area contributed by atoms with Crippen LogP contribution >= 0.6 is 23.1 Å². The van der Waals surface area contributed by atoms with Crippen molar-refractivity contribution in [3.8, 4) is 11.5 Å². The topological polar surface area (TPSA) is 118 Å². The van der Waals surface area contributed by atoms with E-state index in [4.69, 9.17) is 4.74 Å². The molecule has 6 rings (SSSR count). The third kappa shape index (κ3) is 4.78. The second kappa shape index (κ2) is 10.5. The summed E-state index contributed by atoms with van der Waals surface area (Å²) in [6, 6.07) is 18.2. The zero-order chi connectivity index (χ0) is 28.8. The Hall–Kier alpha value is -4.42. The molecule has 9 nitrogen and oxygen atoms in total. The zero-order valence-corrected chi connectivity index (χ0v) is 23.1. The van der Waals surface area contributed by atoms with Crippen LogP contribution in [0.3, 0.4) is 0 Å². The fourth-order valence-electron chi connectivity index (χ4n) is 5.16. The average molecular weight is 592 g/mol. The molecule has 208 valence electrons. The van der Waals surface area contributed by atoms with E-state index in [0.717, 1.165) is 28.0 Å². The Bertz CT molecular complexity index is 1720. The van der Waals surface area contributed by atoms with E-state index in [1.807, 2.05) is 0 Å². The van der Waals surface area contributed by atoms with Crippen LogP contribution in [0.4, 0.5) is 15.8 Å². The van der Waals surface area contributed by atoms with Crippen molar-refractivity contribution >= 4 is 52.2 Å². The number of halogens is 1. The van der Waals surface area contributed by atoms with E-state index in [0.29, 0.717) is 26.9 Å². The lowest BCUT2D eigenvalue weighted by Crippen LogP contribution is -2.33. The summed E-state index contributed by atoms with van der Waals surface area (Å²) < 4.78 is 20.2. The summed E-state index contributed by atoms with van der Waals surface area (Å²) in [6.07, 6.45) is 0. The summed E-state index contributed by atoms with van der Waals surface area (Å²) in [5.74, 6) is -2.68. The van der Waals surface area contributed by atoms with Gasteiger partial charge in [0.15, 0.2) is 0 Å². The van der Waals surface area contributed by atoms with E-state index in [1.165, 1.54) is 60.2 Å². The maximum Gasteiger partial charge on any atom is 0.308 e. The predicted molar refractivity (Wildman–Crippen MR) is 152 cm³/mol. The summed E-state index contributed by atoms with van der Waals surface area (Å²) in [7, 11) is 1.54. The van der Waals surface area contributed by atoms with E-state index < -0.39 is 45.5 Å². The first-order chi connectivity index (χ1) is 19.7. The second-order valence-corrected chi connectivity index (χ2v) is 11.6. The molecule has 3 aromatic carbocycles. The minimum atomic E-state index is -0.868. The van der Waals surface area contributed by atoms with Crippen LogP contribution in [0.2, 0.25) is 0 Å². The standard InChI is InChI=1S/C29H22FN3O6S2/c1-39-20-12-2-15(3-13-20)22-23-24(27(37)33(26(23)36)18-8-4-16(30)5-9-18)40-28-25(22)41-29(38)32(28)14-21(35)31-17-6-10-19(34)11-7-17/h2-13,22-24,34H,14H2,1H3,(H,31,35)/t22-,23-,24+/m0/s1. The van der Waals surface area contributed by atoms with E-state index >= 15 is 0 Å². The number of aromatic hydroxyl groups is 1. The molecule has 4 aromatic rings. The van der Waals surface area contributed by atoms with E-state index in [2.05, 4.69) is 5.32 Å². The van der Waals surface area contributed by atoms with Gasteiger partial charge in [0.25, 0.3) is 0 Å². The second-order valence-electron chi connectivity index (χ2n) is 9.52. The first-order valence-corrected chi connectivity index (χ1v) is 14.2.